The fourth-order valence-electron chi connectivity index (χ4n) is 2.03. The Bertz CT molecular complexity index is 759. The summed E-state index contributed by atoms with van der Waals surface area (Å²) in [5.41, 5.74) is 3.28. The van der Waals surface area contributed by atoms with Gasteiger partial charge in [0.15, 0.2) is 11.5 Å². The number of aromatic hydroxyl groups is 1. The molecule has 0 fully saturated rings. The lowest BCUT2D eigenvalue weighted by atomic mass is 10.2. The van der Waals surface area contributed by atoms with Crippen molar-refractivity contribution in [1.29, 1.82) is 0 Å². The summed E-state index contributed by atoms with van der Waals surface area (Å²) in [7, 11) is 4.57. The second-order valence-electron chi connectivity index (χ2n) is 4.70. The first-order valence-corrected chi connectivity index (χ1v) is 7.01. The molecule has 0 aliphatic heterocycles. The first-order valence-electron chi connectivity index (χ1n) is 7.01. The number of rotatable bonds is 6. The Hall–Kier alpha value is -3.22. The highest BCUT2D eigenvalue weighted by molar-refractivity contribution is 5.95. The molecular formula is C17H18N2O5. The number of benzene rings is 2. The van der Waals surface area contributed by atoms with Gasteiger partial charge in [-0.25, -0.2) is 5.43 Å². The van der Waals surface area contributed by atoms with Crippen LogP contribution < -0.4 is 19.6 Å². The van der Waals surface area contributed by atoms with Gasteiger partial charge in [-0.3, -0.25) is 4.79 Å². The van der Waals surface area contributed by atoms with Gasteiger partial charge in [-0.2, -0.15) is 5.10 Å². The van der Waals surface area contributed by atoms with Gasteiger partial charge in [-0.15, -0.1) is 0 Å². The van der Waals surface area contributed by atoms with Crippen LogP contribution in [-0.4, -0.2) is 38.6 Å². The summed E-state index contributed by atoms with van der Waals surface area (Å²) in [5.74, 6) is 1.12. The molecule has 0 bridgehead atoms. The topological polar surface area (TPSA) is 89.4 Å². The highest BCUT2D eigenvalue weighted by atomic mass is 16.5. The van der Waals surface area contributed by atoms with E-state index in [0.717, 1.165) is 0 Å². The molecule has 0 unspecified atom stereocenters. The molecule has 24 heavy (non-hydrogen) atoms. The lowest BCUT2D eigenvalue weighted by Crippen LogP contribution is -2.17. The first kappa shape index (κ1) is 17.1. The predicted molar refractivity (Wildman–Crippen MR) is 89.3 cm³/mol. The minimum atomic E-state index is -0.443. The van der Waals surface area contributed by atoms with Gasteiger partial charge in [-0.1, -0.05) is 6.07 Å². The Morgan fingerprint density at radius 1 is 1.04 bits per heavy atom. The van der Waals surface area contributed by atoms with Crippen molar-refractivity contribution in [1.82, 2.24) is 5.43 Å². The molecule has 0 aliphatic carbocycles. The number of ether oxygens (including phenoxy) is 3. The largest absolute Gasteiger partial charge is 0.508 e. The number of carbonyl (C=O) groups is 1. The number of phenols is 1. The number of hydrogen-bond acceptors (Lipinski definition) is 6. The van der Waals surface area contributed by atoms with E-state index in [1.54, 1.807) is 24.3 Å². The van der Waals surface area contributed by atoms with Crippen LogP contribution in [0.2, 0.25) is 0 Å². The van der Waals surface area contributed by atoms with E-state index in [1.165, 1.54) is 39.7 Å². The van der Waals surface area contributed by atoms with E-state index in [9.17, 15) is 9.90 Å². The van der Waals surface area contributed by atoms with E-state index in [0.29, 0.717) is 28.4 Å². The van der Waals surface area contributed by atoms with Crippen molar-refractivity contribution in [2.75, 3.05) is 21.3 Å². The van der Waals surface area contributed by atoms with Crippen LogP contribution in [-0.2, 0) is 0 Å². The normalized spacial score (nSPS) is 10.5. The van der Waals surface area contributed by atoms with Crippen molar-refractivity contribution in [3.8, 4) is 23.0 Å². The van der Waals surface area contributed by atoms with Gasteiger partial charge in [0.05, 0.1) is 27.5 Å². The molecule has 0 heterocycles. The second-order valence-corrected chi connectivity index (χ2v) is 4.70. The molecule has 7 nitrogen and oxygen atoms in total. The summed E-state index contributed by atoms with van der Waals surface area (Å²) in [6.07, 6.45) is 1.43. The lowest BCUT2D eigenvalue weighted by Gasteiger charge is -2.11. The Kier molecular flexibility index (Phi) is 5.62. The van der Waals surface area contributed by atoms with Crippen LogP contribution in [0.1, 0.15) is 15.9 Å². The molecule has 0 aromatic heterocycles. The third-order valence-electron chi connectivity index (χ3n) is 3.21. The SMILES string of the molecule is COc1cc(OC)c(OC)cc1/C=N\NC(=O)c1cccc(O)c1. The molecule has 2 rings (SSSR count). The summed E-state index contributed by atoms with van der Waals surface area (Å²) >= 11 is 0. The molecule has 0 saturated heterocycles. The zero-order chi connectivity index (χ0) is 17.5. The van der Waals surface area contributed by atoms with Crippen molar-refractivity contribution in [2.45, 2.75) is 0 Å². The molecule has 0 radical (unpaired) electrons. The van der Waals surface area contributed by atoms with E-state index in [2.05, 4.69) is 10.5 Å². The molecule has 0 aliphatic rings. The number of methoxy groups -OCH3 is 3. The summed E-state index contributed by atoms with van der Waals surface area (Å²) in [6, 6.07) is 9.32. The van der Waals surface area contributed by atoms with Gasteiger partial charge in [-0.05, 0) is 24.3 Å². The number of hydrogen-bond donors (Lipinski definition) is 2. The van der Waals surface area contributed by atoms with Crippen molar-refractivity contribution in [3.05, 3.63) is 47.5 Å². The zero-order valence-corrected chi connectivity index (χ0v) is 13.6. The number of nitrogens with one attached hydrogen (secondary N) is 1. The average Bonchev–Trinajstić information content (AvgIpc) is 2.61. The van der Waals surface area contributed by atoms with Crippen LogP contribution in [0.3, 0.4) is 0 Å². The summed E-state index contributed by atoms with van der Waals surface area (Å²) in [6.45, 7) is 0. The molecule has 0 atom stereocenters. The van der Waals surface area contributed by atoms with E-state index in [-0.39, 0.29) is 5.75 Å². The van der Waals surface area contributed by atoms with Gasteiger partial charge >= 0.3 is 0 Å². The maximum atomic E-state index is 12.0. The number of nitrogens with zero attached hydrogens (tertiary/aromatic N) is 1. The predicted octanol–water partition coefficient (Wildman–Crippen LogP) is 2.18. The molecule has 2 N–H and O–H groups in total. The average molecular weight is 330 g/mol. The number of amides is 1. The molecule has 1 amide bonds. The van der Waals surface area contributed by atoms with Crippen LogP contribution in [0.5, 0.6) is 23.0 Å². The molecular weight excluding hydrogens is 312 g/mol. The fraction of sp³-hybridized carbons (Fsp3) is 0.176. The van der Waals surface area contributed by atoms with Gasteiger partial charge in [0.1, 0.15) is 11.5 Å². The van der Waals surface area contributed by atoms with Crippen molar-refractivity contribution < 1.29 is 24.1 Å². The summed E-state index contributed by atoms with van der Waals surface area (Å²) in [4.78, 5) is 12.0. The standard InChI is InChI=1S/C17H18N2O5/c1-22-14-9-16(24-3)15(23-2)8-12(14)10-18-19-17(21)11-5-4-6-13(20)7-11/h4-10,20H,1-3H3,(H,19,21)/b18-10-. The summed E-state index contributed by atoms with van der Waals surface area (Å²) in [5, 5.41) is 13.3. The molecule has 2 aromatic carbocycles. The third kappa shape index (κ3) is 3.95. The van der Waals surface area contributed by atoms with Gasteiger partial charge in [0.2, 0.25) is 0 Å². The molecule has 126 valence electrons. The van der Waals surface area contributed by atoms with Crippen LogP contribution in [0.4, 0.5) is 0 Å². The van der Waals surface area contributed by atoms with Crippen LogP contribution in [0.15, 0.2) is 41.5 Å². The van der Waals surface area contributed by atoms with E-state index < -0.39 is 5.91 Å². The fourth-order valence-corrected chi connectivity index (χ4v) is 2.03. The Labute approximate surface area is 139 Å². The molecule has 2 aromatic rings. The zero-order valence-electron chi connectivity index (χ0n) is 13.6. The highest BCUT2D eigenvalue weighted by Crippen LogP contribution is 2.33. The molecule has 0 spiro atoms. The van der Waals surface area contributed by atoms with Gasteiger partial charge in [0, 0.05) is 17.2 Å². The minimum Gasteiger partial charge on any atom is -0.508 e. The van der Waals surface area contributed by atoms with Crippen molar-refractivity contribution in [3.63, 3.8) is 0 Å². The smallest absolute Gasteiger partial charge is 0.271 e. The van der Waals surface area contributed by atoms with Crippen LogP contribution in [0, 0.1) is 0 Å². The van der Waals surface area contributed by atoms with Crippen molar-refractivity contribution >= 4 is 12.1 Å². The van der Waals surface area contributed by atoms with E-state index in [4.69, 9.17) is 14.2 Å². The van der Waals surface area contributed by atoms with Crippen molar-refractivity contribution in [2.24, 2.45) is 5.10 Å². The summed E-state index contributed by atoms with van der Waals surface area (Å²) < 4.78 is 15.7. The number of carbonyl (C=O) groups excluding carboxylic acids is 1. The third-order valence-corrected chi connectivity index (χ3v) is 3.21. The lowest BCUT2D eigenvalue weighted by molar-refractivity contribution is 0.0954. The van der Waals surface area contributed by atoms with Crippen LogP contribution >= 0.6 is 0 Å². The monoisotopic (exact) mass is 330 g/mol. The Balaban J connectivity index is 2.17. The molecule has 7 heteroatoms. The second kappa shape index (κ2) is 7.87. The minimum absolute atomic E-state index is 0.00758. The molecule has 0 saturated carbocycles. The quantitative estimate of drug-likeness (QED) is 0.626. The van der Waals surface area contributed by atoms with Gasteiger partial charge < -0.3 is 19.3 Å². The Morgan fingerprint density at radius 2 is 1.71 bits per heavy atom. The van der Waals surface area contributed by atoms with E-state index in [1.807, 2.05) is 0 Å². The van der Waals surface area contributed by atoms with Gasteiger partial charge in [0.25, 0.3) is 5.91 Å². The first-order chi connectivity index (χ1) is 11.6. The number of phenolic OH excluding ortho intramolecular Hbond substituents is 1. The maximum Gasteiger partial charge on any atom is 0.271 e. The van der Waals surface area contributed by atoms with E-state index >= 15 is 0 Å². The highest BCUT2D eigenvalue weighted by Gasteiger charge is 2.11. The number of hydrazone groups is 1. The maximum absolute atomic E-state index is 12.0. The van der Waals surface area contributed by atoms with Crippen LogP contribution in [0.25, 0.3) is 0 Å². The Morgan fingerprint density at radius 3 is 2.33 bits per heavy atom.